The number of hydrogen-bond acceptors (Lipinski definition) is 2. The van der Waals surface area contributed by atoms with Gasteiger partial charge < -0.3 is 5.11 Å². The van der Waals surface area contributed by atoms with Crippen LogP contribution in [0.4, 0.5) is 13.2 Å². The lowest BCUT2D eigenvalue weighted by Gasteiger charge is -2.26. The molecule has 3 nitrogen and oxygen atoms in total. The molecule has 0 bridgehead atoms. The minimum atomic E-state index is -4.62. The second-order valence-corrected chi connectivity index (χ2v) is 7.84. The third kappa shape index (κ3) is 5.73. The number of carboxylic acids is 1. The Morgan fingerprint density at radius 3 is 2.07 bits per heavy atom. The quantitative estimate of drug-likeness (QED) is 0.499. The maximum atomic E-state index is 13.6. The van der Waals surface area contributed by atoms with Crippen molar-refractivity contribution < 1.29 is 27.9 Å². The van der Waals surface area contributed by atoms with Gasteiger partial charge in [0, 0.05) is 15.6 Å². The van der Waals surface area contributed by atoms with E-state index in [1.165, 1.54) is 49.4 Å². The van der Waals surface area contributed by atoms with Crippen LogP contribution in [0.1, 0.15) is 41.3 Å². The molecule has 1 N–H and O–H groups in total. The first kappa shape index (κ1) is 23.2. The van der Waals surface area contributed by atoms with E-state index in [0.29, 0.717) is 10.6 Å². The Morgan fingerprint density at radius 1 is 1.00 bits per heavy atom. The maximum absolute atomic E-state index is 13.6. The summed E-state index contributed by atoms with van der Waals surface area (Å²) in [5.41, 5.74) is 0.491. The number of carbonyl (C=O) groups excluding carboxylic acids is 1. The van der Waals surface area contributed by atoms with Crippen molar-refractivity contribution in [1.29, 1.82) is 0 Å². The van der Waals surface area contributed by atoms with Crippen LogP contribution in [0, 0.1) is 11.8 Å². The minimum absolute atomic E-state index is 0.0124. The summed E-state index contributed by atoms with van der Waals surface area (Å²) < 4.78 is 40.7. The van der Waals surface area contributed by atoms with Gasteiger partial charge in [-0.1, -0.05) is 55.2 Å². The van der Waals surface area contributed by atoms with Crippen molar-refractivity contribution in [1.82, 2.24) is 0 Å². The van der Waals surface area contributed by atoms with Gasteiger partial charge in [0.25, 0.3) is 0 Å². The van der Waals surface area contributed by atoms with Gasteiger partial charge in [-0.2, -0.15) is 13.2 Å². The molecule has 2 rings (SSSR count). The maximum Gasteiger partial charge on any atom is 0.392 e. The second kappa shape index (κ2) is 9.18. The minimum Gasteiger partial charge on any atom is -0.481 e. The van der Waals surface area contributed by atoms with Gasteiger partial charge in [-0.3, -0.25) is 9.59 Å². The Hall–Kier alpha value is -2.05. The molecule has 0 aliphatic heterocycles. The summed E-state index contributed by atoms with van der Waals surface area (Å²) in [6.45, 7) is 2.40. The van der Waals surface area contributed by atoms with Crippen molar-refractivity contribution in [2.24, 2.45) is 11.8 Å². The molecule has 2 aromatic carbocycles. The molecular formula is C21H19Cl2F3O3. The van der Waals surface area contributed by atoms with Gasteiger partial charge in [0.2, 0.25) is 0 Å². The van der Waals surface area contributed by atoms with Gasteiger partial charge in [0.15, 0.2) is 5.78 Å². The summed E-state index contributed by atoms with van der Waals surface area (Å²) in [6, 6.07) is 9.87. The Morgan fingerprint density at radius 2 is 1.55 bits per heavy atom. The van der Waals surface area contributed by atoms with Crippen LogP contribution < -0.4 is 0 Å². The van der Waals surface area contributed by atoms with Crippen molar-refractivity contribution in [2.45, 2.75) is 32.4 Å². The third-order valence-corrected chi connectivity index (χ3v) is 5.30. The van der Waals surface area contributed by atoms with Gasteiger partial charge in [-0.15, -0.1) is 0 Å². The number of carbonyl (C=O) groups is 2. The summed E-state index contributed by atoms with van der Waals surface area (Å²) in [6.07, 6.45) is -4.63. The summed E-state index contributed by atoms with van der Waals surface area (Å²) in [5.74, 6) is -6.16. The fraction of sp³-hybridized carbons (Fsp3) is 0.333. The molecular weight excluding hydrogens is 428 g/mol. The van der Waals surface area contributed by atoms with Crippen LogP contribution in [0.3, 0.4) is 0 Å². The number of carboxylic acid groups (broad SMARTS) is 1. The summed E-state index contributed by atoms with van der Waals surface area (Å²) >= 11 is 11.8. The standard InChI is InChI=1S/C21H19Cl2F3O3/c1-11(20(28)29)9-14-5-8-16(23)10-17(14)19(27)18(12(2)21(24,25)26)13-3-6-15(22)7-4-13/h3-8,10-12,18H,9H2,1-2H3,(H,28,29)/t11?,12-,18+/m1/s1. The molecule has 0 fully saturated rings. The largest absolute Gasteiger partial charge is 0.481 e. The zero-order valence-corrected chi connectivity index (χ0v) is 17.1. The molecule has 29 heavy (non-hydrogen) atoms. The molecule has 2 aromatic rings. The summed E-state index contributed by atoms with van der Waals surface area (Å²) in [4.78, 5) is 24.5. The fourth-order valence-electron chi connectivity index (χ4n) is 3.07. The Labute approximate surface area is 176 Å². The van der Waals surface area contributed by atoms with E-state index in [1.807, 2.05) is 0 Å². The highest BCUT2D eigenvalue weighted by molar-refractivity contribution is 6.31. The van der Waals surface area contributed by atoms with Gasteiger partial charge in [-0.05, 0) is 41.8 Å². The number of Topliss-reactive ketones (excluding diaryl/α,β-unsaturated/α-hetero) is 1. The van der Waals surface area contributed by atoms with Gasteiger partial charge in [0.05, 0.1) is 17.8 Å². The molecule has 0 amide bonds. The van der Waals surface area contributed by atoms with Crippen LogP contribution in [0.5, 0.6) is 0 Å². The molecule has 0 aromatic heterocycles. The van der Waals surface area contributed by atoms with E-state index in [0.717, 1.165) is 6.92 Å². The highest BCUT2D eigenvalue weighted by Crippen LogP contribution is 2.40. The molecule has 3 atom stereocenters. The number of aliphatic carboxylic acids is 1. The Kier molecular flexibility index (Phi) is 7.35. The highest BCUT2D eigenvalue weighted by atomic mass is 35.5. The molecule has 0 saturated heterocycles. The van der Waals surface area contributed by atoms with Crippen LogP contribution in [-0.2, 0) is 11.2 Å². The smallest absolute Gasteiger partial charge is 0.392 e. The lowest BCUT2D eigenvalue weighted by molar-refractivity contribution is -0.172. The van der Waals surface area contributed by atoms with E-state index in [-0.39, 0.29) is 22.6 Å². The lowest BCUT2D eigenvalue weighted by atomic mass is 9.79. The fourth-order valence-corrected chi connectivity index (χ4v) is 3.37. The van der Waals surface area contributed by atoms with Crippen LogP contribution in [-0.4, -0.2) is 23.0 Å². The number of alkyl halides is 3. The molecule has 0 radical (unpaired) electrons. The normalized spacial score (nSPS) is 14.9. The summed E-state index contributed by atoms with van der Waals surface area (Å²) in [7, 11) is 0. The number of ketones is 1. The number of rotatable bonds is 7. The van der Waals surface area contributed by atoms with Crippen molar-refractivity contribution in [3.8, 4) is 0 Å². The zero-order chi connectivity index (χ0) is 21.9. The first-order chi connectivity index (χ1) is 13.4. The van der Waals surface area contributed by atoms with Crippen LogP contribution >= 0.6 is 23.2 Å². The van der Waals surface area contributed by atoms with E-state index in [2.05, 4.69) is 0 Å². The average Bonchev–Trinajstić information content (AvgIpc) is 2.63. The van der Waals surface area contributed by atoms with Crippen molar-refractivity contribution in [3.05, 3.63) is 69.2 Å². The van der Waals surface area contributed by atoms with Gasteiger partial charge >= 0.3 is 12.1 Å². The molecule has 0 heterocycles. The van der Waals surface area contributed by atoms with E-state index >= 15 is 0 Å². The predicted molar refractivity (Wildman–Crippen MR) is 106 cm³/mol. The number of hydrogen-bond donors (Lipinski definition) is 1. The second-order valence-electron chi connectivity index (χ2n) is 6.97. The number of benzene rings is 2. The SMILES string of the molecule is CC(Cc1ccc(Cl)cc1C(=O)[C@H](c1ccc(Cl)cc1)[C@@H](C)C(F)(F)F)C(=O)O. The molecule has 0 aliphatic rings. The lowest BCUT2D eigenvalue weighted by Crippen LogP contribution is -2.32. The predicted octanol–water partition coefficient (Wildman–Crippen LogP) is 6.42. The molecule has 8 heteroatoms. The zero-order valence-electron chi connectivity index (χ0n) is 15.6. The van der Waals surface area contributed by atoms with E-state index in [1.54, 1.807) is 0 Å². The van der Waals surface area contributed by atoms with Crippen LogP contribution in [0.15, 0.2) is 42.5 Å². The summed E-state index contributed by atoms with van der Waals surface area (Å²) in [5, 5.41) is 9.67. The molecule has 0 saturated carbocycles. The van der Waals surface area contributed by atoms with E-state index in [4.69, 9.17) is 28.3 Å². The van der Waals surface area contributed by atoms with E-state index in [9.17, 15) is 22.8 Å². The Bertz CT molecular complexity index is 895. The topological polar surface area (TPSA) is 54.4 Å². The van der Waals surface area contributed by atoms with Gasteiger partial charge in [0.1, 0.15) is 0 Å². The van der Waals surface area contributed by atoms with Crippen molar-refractivity contribution >= 4 is 35.0 Å². The first-order valence-electron chi connectivity index (χ1n) is 8.79. The molecule has 0 spiro atoms. The average molecular weight is 447 g/mol. The van der Waals surface area contributed by atoms with Crippen molar-refractivity contribution in [3.63, 3.8) is 0 Å². The Balaban J connectivity index is 2.57. The molecule has 156 valence electrons. The van der Waals surface area contributed by atoms with Crippen molar-refractivity contribution in [2.75, 3.05) is 0 Å². The molecule has 1 unspecified atom stereocenters. The van der Waals surface area contributed by atoms with E-state index < -0.39 is 35.7 Å². The number of halogens is 5. The molecule has 0 aliphatic carbocycles. The third-order valence-electron chi connectivity index (χ3n) is 4.81. The monoisotopic (exact) mass is 446 g/mol. The van der Waals surface area contributed by atoms with Crippen LogP contribution in [0.2, 0.25) is 10.0 Å². The van der Waals surface area contributed by atoms with Crippen LogP contribution in [0.25, 0.3) is 0 Å². The first-order valence-corrected chi connectivity index (χ1v) is 9.55. The highest BCUT2D eigenvalue weighted by Gasteiger charge is 2.45. The van der Waals surface area contributed by atoms with Gasteiger partial charge in [-0.25, -0.2) is 0 Å².